The van der Waals surface area contributed by atoms with Gasteiger partial charge in [-0.1, -0.05) is 28.1 Å². The van der Waals surface area contributed by atoms with Crippen LogP contribution >= 0.6 is 15.9 Å². The maximum absolute atomic E-state index is 5.87. The molecular formula is C16H24BrNO2. The standard InChI is InChI=1S/C16H24BrNO2/c1-2-19-15-5-3-4-6-16(15)20-12-11-18-9-7-14(13-17)8-10-18/h3-6,14H,2,7-13H2,1H3. The van der Waals surface area contributed by atoms with Gasteiger partial charge in [-0.05, 0) is 50.9 Å². The molecule has 4 heteroatoms. The van der Waals surface area contributed by atoms with Crippen LogP contribution < -0.4 is 9.47 Å². The molecule has 1 aromatic carbocycles. The first-order valence-electron chi connectivity index (χ1n) is 7.46. The molecular weight excluding hydrogens is 318 g/mol. The summed E-state index contributed by atoms with van der Waals surface area (Å²) in [5.41, 5.74) is 0. The molecule has 1 aliphatic heterocycles. The van der Waals surface area contributed by atoms with Crippen molar-refractivity contribution in [2.75, 3.05) is 38.2 Å². The minimum absolute atomic E-state index is 0.667. The third kappa shape index (κ3) is 4.67. The predicted octanol–water partition coefficient (Wildman–Crippen LogP) is 3.57. The highest BCUT2D eigenvalue weighted by molar-refractivity contribution is 9.09. The molecule has 0 saturated carbocycles. The number of halogens is 1. The zero-order valence-electron chi connectivity index (χ0n) is 12.2. The van der Waals surface area contributed by atoms with Gasteiger partial charge in [0.1, 0.15) is 6.61 Å². The molecule has 0 unspecified atom stereocenters. The zero-order valence-corrected chi connectivity index (χ0v) is 13.8. The van der Waals surface area contributed by atoms with Crippen LogP contribution in [-0.2, 0) is 0 Å². The first-order valence-corrected chi connectivity index (χ1v) is 8.58. The van der Waals surface area contributed by atoms with Crippen LogP contribution in [0.2, 0.25) is 0 Å². The smallest absolute Gasteiger partial charge is 0.161 e. The summed E-state index contributed by atoms with van der Waals surface area (Å²) in [5, 5.41) is 1.14. The molecule has 0 bridgehead atoms. The van der Waals surface area contributed by atoms with Crippen LogP contribution in [-0.4, -0.2) is 43.1 Å². The molecule has 0 aliphatic carbocycles. The maximum Gasteiger partial charge on any atom is 0.161 e. The molecule has 0 radical (unpaired) electrons. The molecule has 0 aromatic heterocycles. The summed E-state index contributed by atoms with van der Waals surface area (Å²) in [6.45, 7) is 6.75. The second-order valence-corrected chi connectivity index (χ2v) is 5.82. The largest absolute Gasteiger partial charge is 0.490 e. The molecule has 20 heavy (non-hydrogen) atoms. The molecule has 3 nitrogen and oxygen atoms in total. The summed E-state index contributed by atoms with van der Waals surface area (Å²) >= 11 is 3.58. The molecule has 0 atom stereocenters. The molecule has 1 heterocycles. The Kier molecular flexibility index (Phi) is 6.67. The van der Waals surface area contributed by atoms with Crippen LogP contribution in [0.4, 0.5) is 0 Å². The lowest BCUT2D eigenvalue weighted by atomic mass is 9.99. The average Bonchev–Trinajstić information content (AvgIpc) is 2.50. The molecule has 0 spiro atoms. The van der Waals surface area contributed by atoms with E-state index in [1.165, 1.54) is 25.9 Å². The third-order valence-electron chi connectivity index (χ3n) is 3.74. The Morgan fingerprint density at radius 3 is 2.40 bits per heavy atom. The second kappa shape index (κ2) is 8.53. The highest BCUT2D eigenvalue weighted by Gasteiger charge is 2.17. The number of ether oxygens (including phenoxy) is 2. The van der Waals surface area contributed by atoms with Gasteiger partial charge in [-0.15, -0.1) is 0 Å². The van der Waals surface area contributed by atoms with Crippen molar-refractivity contribution < 1.29 is 9.47 Å². The fourth-order valence-electron chi connectivity index (χ4n) is 2.49. The molecule has 0 N–H and O–H groups in total. The first-order chi connectivity index (χ1) is 9.83. The number of hydrogen-bond donors (Lipinski definition) is 0. The Hall–Kier alpha value is -0.740. The lowest BCUT2D eigenvalue weighted by Crippen LogP contribution is -2.36. The predicted molar refractivity (Wildman–Crippen MR) is 86.1 cm³/mol. The van der Waals surface area contributed by atoms with E-state index in [0.717, 1.165) is 35.9 Å². The zero-order chi connectivity index (χ0) is 14.2. The van der Waals surface area contributed by atoms with Crippen LogP contribution in [0.25, 0.3) is 0 Å². The van der Waals surface area contributed by atoms with E-state index in [-0.39, 0.29) is 0 Å². The molecule has 1 aromatic rings. The summed E-state index contributed by atoms with van der Waals surface area (Å²) in [4.78, 5) is 2.49. The lowest BCUT2D eigenvalue weighted by molar-refractivity contribution is 0.159. The van der Waals surface area contributed by atoms with Crippen LogP contribution in [0, 0.1) is 5.92 Å². The Balaban J connectivity index is 1.73. The second-order valence-electron chi connectivity index (χ2n) is 5.17. The summed E-state index contributed by atoms with van der Waals surface area (Å²) in [6.07, 6.45) is 2.58. The molecule has 1 aliphatic rings. The van der Waals surface area contributed by atoms with Gasteiger partial charge in [-0.2, -0.15) is 0 Å². The van der Waals surface area contributed by atoms with E-state index in [4.69, 9.17) is 9.47 Å². The van der Waals surface area contributed by atoms with Crippen molar-refractivity contribution in [2.45, 2.75) is 19.8 Å². The van der Waals surface area contributed by atoms with Gasteiger partial charge in [0.05, 0.1) is 6.61 Å². The van der Waals surface area contributed by atoms with Gasteiger partial charge in [0.2, 0.25) is 0 Å². The SMILES string of the molecule is CCOc1ccccc1OCCN1CCC(CBr)CC1. The van der Waals surface area contributed by atoms with Crippen LogP contribution in [0.3, 0.4) is 0 Å². The monoisotopic (exact) mass is 341 g/mol. The van der Waals surface area contributed by atoms with Crippen molar-refractivity contribution in [3.8, 4) is 11.5 Å². The van der Waals surface area contributed by atoms with Gasteiger partial charge in [-0.25, -0.2) is 0 Å². The minimum Gasteiger partial charge on any atom is -0.490 e. The van der Waals surface area contributed by atoms with Crippen molar-refractivity contribution in [1.29, 1.82) is 0 Å². The number of para-hydroxylation sites is 2. The summed E-state index contributed by atoms with van der Waals surface area (Å²) < 4.78 is 11.4. The van der Waals surface area contributed by atoms with E-state index in [9.17, 15) is 0 Å². The summed E-state index contributed by atoms with van der Waals surface area (Å²) in [7, 11) is 0. The van der Waals surface area contributed by atoms with Crippen molar-refractivity contribution in [1.82, 2.24) is 4.90 Å². The van der Waals surface area contributed by atoms with E-state index < -0.39 is 0 Å². The normalized spacial score (nSPS) is 17.1. The van der Waals surface area contributed by atoms with Gasteiger partial charge in [0, 0.05) is 11.9 Å². The quantitative estimate of drug-likeness (QED) is 0.707. The topological polar surface area (TPSA) is 21.7 Å². The number of likely N-dealkylation sites (tertiary alicyclic amines) is 1. The molecule has 112 valence electrons. The molecule has 1 saturated heterocycles. The van der Waals surface area contributed by atoms with E-state index in [0.29, 0.717) is 6.61 Å². The molecule has 2 rings (SSSR count). The minimum atomic E-state index is 0.667. The van der Waals surface area contributed by atoms with E-state index in [1.54, 1.807) is 0 Å². The Morgan fingerprint density at radius 2 is 1.80 bits per heavy atom. The number of rotatable bonds is 7. The summed E-state index contributed by atoms with van der Waals surface area (Å²) in [6, 6.07) is 7.89. The number of nitrogens with zero attached hydrogens (tertiary/aromatic N) is 1. The van der Waals surface area contributed by atoms with Crippen LogP contribution in [0.1, 0.15) is 19.8 Å². The molecule has 1 fully saturated rings. The lowest BCUT2D eigenvalue weighted by Gasteiger charge is -2.30. The van der Waals surface area contributed by atoms with Crippen LogP contribution in [0.15, 0.2) is 24.3 Å². The highest BCUT2D eigenvalue weighted by atomic mass is 79.9. The van der Waals surface area contributed by atoms with E-state index in [2.05, 4.69) is 20.8 Å². The van der Waals surface area contributed by atoms with Gasteiger partial charge in [0.15, 0.2) is 11.5 Å². The van der Waals surface area contributed by atoms with Crippen molar-refractivity contribution in [3.05, 3.63) is 24.3 Å². The summed E-state index contributed by atoms with van der Waals surface area (Å²) in [5.74, 6) is 2.54. The number of alkyl halides is 1. The Morgan fingerprint density at radius 1 is 1.15 bits per heavy atom. The highest BCUT2D eigenvalue weighted by Crippen LogP contribution is 2.26. The van der Waals surface area contributed by atoms with Crippen molar-refractivity contribution in [3.63, 3.8) is 0 Å². The van der Waals surface area contributed by atoms with Crippen LogP contribution in [0.5, 0.6) is 11.5 Å². The Labute approximate surface area is 130 Å². The van der Waals surface area contributed by atoms with E-state index in [1.807, 2.05) is 31.2 Å². The van der Waals surface area contributed by atoms with Gasteiger partial charge >= 0.3 is 0 Å². The molecule has 0 amide bonds. The first kappa shape index (κ1) is 15.6. The van der Waals surface area contributed by atoms with Gasteiger partial charge in [-0.3, -0.25) is 4.90 Å². The number of benzene rings is 1. The number of piperidine rings is 1. The maximum atomic E-state index is 5.87. The van der Waals surface area contributed by atoms with E-state index >= 15 is 0 Å². The third-order valence-corrected chi connectivity index (χ3v) is 4.66. The van der Waals surface area contributed by atoms with Gasteiger partial charge in [0.25, 0.3) is 0 Å². The fourth-order valence-corrected chi connectivity index (χ4v) is 3.14. The van der Waals surface area contributed by atoms with Crippen molar-refractivity contribution in [2.24, 2.45) is 5.92 Å². The van der Waals surface area contributed by atoms with Gasteiger partial charge < -0.3 is 9.47 Å². The Bertz CT molecular complexity index is 392. The fraction of sp³-hybridized carbons (Fsp3) is 0.625. The number of hydrogen-bond acceptors (Lipinski definition) is 3. The average molecular weight is 342 g/mol. The van der Waals surface area contributed by atoms with Crippen molar-refractivity contribution >= 4 is 15.9 Å².